The molecule has 9 nitrogen and oxygen atoms in total. The number of carbonyl (C=O) groups excluding carboxylic acids is 2. The predicted molar refractivity (Wildman–Crippen MR) is 112 cm³/mol. The molecule has 1 aromatic carbocycles. The summed E-state index contributed by atoms with van der Waals surface area (Å²) in [6.07, 6.45) is 3.01. The summed E-state index contributed by atoms with van der Waals surface area (Å²) in [6.45, 7) is 0.282. The summed E-state index contributed by atoms with van der Waals surface area (Å²) in [7, 11) is 0. The van der Waals surface area contributed by atoms with Crippen molar-refractivity contribution in [3.63, 3.8) is 0 Å². The first kappa shape index (κ1) is 21.6. The van der Waals surface area contributed by atoms with Gasteiger partial charge >= 0.3 is 6.09 Å². The highest BCUT2D eigenvalue weighted by atomic mass is 79.9. The summed E-state index contributed by atoms with van der Waals surface area (Å²) in [6, 6.07) is 9.06. The molecule has 0 radical (unpaired) electrons. The number of alkyl carbamates (subject to hydrolysis) is 1. The second kappa shape index (κ2) is 10.6. The Balaban J connectivity index is 1.58. The molecule has 0 saturated carbocycles. The highest BCUT2D eigenvalue weighted by Crippen LogP contribution is 2.14. The van der Waals surface area contributed by atoms with Gasteiger partial charge in [-0.2, -0.15) is 0 Å². The molecule has 0 fully saturated rings. The van der Waals surface area contributed by atoms with Crippen LogP contribution in [0.1, 0.15) is 17.5 Å². The average Bonchev–Trinajstić information content (AvgIpc) is 3.17. The molecule has 0 spiro atoms. The van der Waals surface area contributed by atoms with E-state index < -0.39 is 12.1 Å². The van der Waals surface area contributed by atoms with Crippen LogP contribution in [0.4, 0.5) is 4.79 Å². The molecule has 1 aliphatic rings. The lowest BCUT2D eigenvalue weighted by molar-refractivity contribution is -0.123. The summed E-state index contributed by atoms with van der Waals surface area (Å²) in [4.78, 5) is 34.1. The van der Waals surface area contributed by atoms with Crippen LogP contribution in [0, 0.1) is 0 Å². The number of aromatic nitrogens is 1. The maximum atomic E-state index is 12.7. The number of ether oxygens (including phenoxy) is 1. The Bertz CT molecular complexity index is 892. The van der Waals surface area contributed by atoms with Gasteiger partial charge in [0.2, 0.25) is 5.91 Å². The van der Waals surface area contributed by atoms with Gasteiger partial charge in [-0.1, -0.05) is 23.4 Å². The summed E-state index contributed by atoms with van der Waals surface area (Å²) in [5.41, 5.74) is 1.50. The molecule has 3 N–H and O–H groups in total. The number of aromatic hydroxyl groups is 1. The predicted octanol–water partition coefficient (Wildman–Crippen LogP) is 2.24. The summed E-state index contributed by atoms with van der Waals surface area (Å²) in [5.74, 6) is -0.263. The number of oxime groups is 1. The second-order valence-electron chi connectivity index (χ2n) is 6.65. The number of phenolic OH excluding ortho intramolecular Hbond substituents is 1. The van der Waals surface area contributed by atoms with E-state index in [2.05, 4.69) is 36.7 Å². The van der Waals surface area contributed by atoms with Gasteiger partial charge in [-0.05, 0) is 39.7 Å². The van der Waals surface area contributed by atoms with Crippen molar-refractivity contribution < 1.29 is 24.3 Å². The van der Waals surface area contributed by atoms with Crippen LogP contribution in [-0.2, 0) is 27.4 Å². The lowest BCUT2D eigenvalue weighted by Gasteiger charge is -2.19. The molecule has 3 rings (SSSR count). The molecule has 2 atom stereocenters. The van der Waals surface area contributed by atoms with Gasteiger partial charge in [0, 0.05) is 30.8 Å². The van der Waals surface area contributed by atoms with Gasteiger partial charge in [-0.25, -0.2) is 4.79 Å². The number of hydrogen-bond acceptors (Lipinski definition) is 7. The van der Waals surface area contributed by atoms with Crippen LogP contribution >= 0.6 is 15.9 Å². The molecular weight excluding hydrogens is 456 g/mol. The van der Waals surface area contributed by atoms with Crippen LogP contribution < -0.4 is 10.6 Å². The lowest BCUT2D eigenvalue weighted by atomic mass is 10.0. The number of halogens is 1. The van der Waals surface area contributed by atoms with E-state index in [-0.39, 0.29) is 37.3 Å². The Hall–Kier alpha value is -3.14. The van der Waals surface area contributed by atoms with Crippen LogP contribution in [0.5, 0.6) is 5.75 Å². The fourth-order valence-corrected chi connectivity index (χ4v) is 3.18. The first-order valence-electron chi connectivity index (χ1n) is 9.25. The Morgan fingerprint density at radius 2 is 2.07 bits per heavy atom. The molecule has 1 aliphatic heterocycles. The van der Waals surface area contributed by atoms with Gasteiger partial charge in [0.15, 0.2) is 6.10 Å². The van der Waals surface area contributed by atoms with Gasteiger partial charge in [-0.15, -0.1) is 0 Å². The Morgan fingerprint density at radius 3 is 2.73 bits per heavy atom. The zero-order valence-corrected chi connectivity index (χ0v) is 17.5. The highest BCUT2D eigenvalue weighted by molar-refractivity contribution is 9.18. The largest absolute Gasteiger partial charge is 0.508 e. The minimum absolute atomic E-state index is 0.0362. The first-order valence-corrected chi connectivity index (χ1v) is 10.0. The number of amides is 2. The van der Waals surface area contributed by atoms with E-state index in [9.17, 15) is 14.7 Å². The standard InChI is InChI=1S/C20H21BrN4O5/c21-18-9-16(30-25-18)11-23-19(27)17(8-13-3-5-15(26)6-4-13)24-20(28)29-12-14-2-1-7-22-10-14/h1-7,10,16-17,26H,8-9,11-12H2,(H,23,27)(H,24,28). The molecule has 2 aromatic rings. The second-order valence-corrected chi connectivity index (χ2v) is 7.56. The van der Waals surface area contributed by atoms with Crippen molar-refractivity contribution in [2.75, 3.05) is 6.54 Å². The average molecular weight is 477 g/mol. The molecule has 10 heteroatoms. The molecule has 2 amide bonds. The van der Waals surface area contributed by atoms with E-state index in [1.807, 2.05) is 0 Å². The van der Waals surface area contributed by atoms with E-state index in [1.165, 1.54) is 12.1 Å². The van der Waals surface area contributed by atoms with E-state index in [1.54, 1.807) is 36.7 Å². The monoisotopic (exact) mass is 476 g/mol. The van der Waals surface area contributed by atoms with Crippen LogP contribution in [-0.4, -0.2) is 45.4 Å². The SMILES string of the molecule is O=C(NC(Cc1ccc(O)cc1)C(=O)NCC1CC(Br)=NO1)OCc1cccnc1. The molecule has 2 heterocycles. The molecule has 0 bridgehead atoms. The fraction of sp³-hybridized carbons (Fsp3) is 0.300. The van der Waals surface area contributed by atoms with E-state index >= 15 is 0 Å². The zero-order valence-electron chi connectivity index (χ0n) is 16.0. The summed E-state index contributed by atoms with van der Waals surface area (Å²) in [5, 5.41) is 18.6. The first-order chi connectivity index (χ1) is 14.5. The number of benzene rings is 1. The fourth-order valence-electron chi connectivity index (χ4n) is 2.73. The van der Waals surface area contributed by atoms with Crippen molar-refractivity contribution in [3.8, 4) is 5.75 Å². The van der Waals surface area contributed by atoms with Gasteiger partial charge in [0.1, 0.15) is 23.0 Å². The molecular formula is C20H21BrN4O5. The number of nitrogens with one attached hydrogen (secondary N) is 2. The van der Waals surface area contributed by atoms with Gasteiger partial charge < -0.3 is 25.3 Å². The van der Waals surface area contributed by atoms with Crippen LogP contribution in [0.3, 0.4) is 0 Å². The third-order valence-electron chi connectivity index (χ3n) is 4.28. The van der Waals surface area contributed by atoms with Crippen molar-refractivity contribution in [2.45, 2.75) is 31.6 Å². The number of hydrogen-bond donors (Lipinski definition) is 3. The maximum Gasteiger partial charge on any atom is 0.408 e. The molecule has 30 heavy (non-hydrogen) atoms. The molecule has 1 aromatic heterocycles. The number of rotatable bonds is 8. The third kappa shape index (κ3) is 6.73. The van der Waals surface area contributed by atoms with Crippen molar-refractivity contribution >= 4 is 32.6 Å². The smallest absolute Gasteiger partial charge is 0.408 e. The zero-order chi connectivity index (χ0) is 21.3. The minimum Gasteiger partial charge on any atom is -0.508 e. The van der Waals surface area contributed by atoms with Gasteiger partial charge in [-0.3, -0.25) is 9.78 Å². The molecule has 158 valence electrons. The van der Waals surface area contributed by atoms with Gasteiger partial charge in [0.25, 0.3) is 0 Å². The van der Waals surface area contributed by atoms with Crippen LogP contribution in [0.2, 0.25) is 0 Å². The lowest BCUT2D eigenvalue weighted by Crippen LogP contribution is -2.49. The summed E-state index contributed by atoms with van der Waals surface area (Å²) < 4.78 is 5.88. The number of carbonyl (C=O) groups is 2. The maximum absolute atomic E-state index is 12.7. The summed E-state index contributed by atoms with van der Waals surface area (Å²) >= 11 is 3.25. The van der Waals surface area contributed by atoms with Crippen molar-refractivity contribution in [2.24, 2.45) is 5.16 Å². The van der Waals surface area contributed by atoms with Crippen LogP contribution in [0.25, 0.3) is 0 Å². The van der Waals surface area contributed by atoms with Crippen molar-refractivity contribution in [1.82, 2.24) is 15.6 Å². The number of phenols is 1. The third-order valence-corrected chi connectivity index (χ3v) is 4.75. The van der Waals surface area contributed by atoms with E-state index in [0.717, 1.165) is 11.1 Å². The quantitative estimate of drug-likeness (QED) is 0.536. The van der Waals surface area contributed by atoms with Crippen LogP contribution in [0.15, 0.2) is 53.9 Å². The van der Waals surface area contributed by atoms with Crippen molar-refractivity contribution in [3.05, 3.63) is 59.9 Å². The van der Waals surface area contributed by atoms with E-state index in [4.69, 9.17) is 9.57 Å². The normalized spacial score (nSPS) is 16.2. The van der Waals surface area contributed by atoms with E-state index in [0.29, 0.717) is 11.0 Å². The number of pyridine rings is 1. The molecule has 0 aliphatic carbocycles. The Labute approximate surface area is 181 Å². The molecule has 2 unspecified atom stereocenters. The molecule has 0 saturated heterocycles. The highest BCUT2D eigenvalue weighted by Gasteiger charge is 2.25. The Morgan fingerprint density at radius 1 is 1.27 bits per heavy atom. The van der Waals surface area contributed by atoms with Gasteiger partial charge in [0.05, 0.1) is 6.54 Å². The number of nitrogens with zero attached hydrogens (tertiary/aromatic N) is 2. The topological polar surface area (TPSA) is 122 Å². The Kier molecular flexibility index (Phi) is 7.61. The minimum atomic E-state index is -0.873. The van der Waals surface area contributed by atoms with Crippen molar-refractivity contribution in [1.29, 1.82) is 0 Å².